The van der Waals surface area contributed by atoms with Gasteiger partial charge in [0, 0.05) is 56.2 Å². The lowest BCUT2D eigenvalue weighted by Crippen LogP contribution is -2.37. The van der Waals surface area contributed by atoms with E-state index in [4.69, 9.17) is 4.74 Å². The zero-order chi connectivity index (χ0) is 17.6. The van der Waals surface area contributed by atoms with Gasteiger partial charge in [-0.25, -0.2) is 0 Å². The molecule has 0 radical (unpaired) electrons. The largest absolute Gasteiger partial charge is 0.488 e. The van der Waals surface area contributed by atoms with Crippen molar-refractivity contribution in [3.8, 4) is 17.0 Å². The van der Waals surface area contributed by atoms with E-state index in [1.54, 1.807) is 18.6 Å². The molecule has 3 aromatic rings. The van der Waals surface area contributed by atoms with E-state index < -0.39 is 0 Å². The van der Waals surface area contributed by atoms with Crippen LogP contribution in [0.25, 0.3) is 11.3 Å². The van der Waals surface area contributed by atoms with Crippen molar-refractivity contribution >= 4 is 0 Å². The van der Waals surface area contributed by atoms with Crippen LogP contribution >= 0.6 is 0 Å². The van der Waals surface area contributed by atoms with Gasteiger partial charge in [0.05, 0.1) is 0 Å². The minimum absolute atomic E-state index is 0.227. The Kier molecular flexibility index (Phi) is 5.17. The SMILES string of the molecule is c1cncc(CN2CCC(Oc3cccnc3-c3ccncc3)CC2)c1. The monoisotopic (exact) mass is 346 g/mol. The van der Waals surface area contributed by atoms with Crippen LogP contribution in [0.1, 0.15) is 18.4 Å². The summed E-state index contributed by atoms with van der Waals surface area (Å²) in [5.41, 5.74) is 3.18. The molecule has 0 unspecified atom stereocenters. The number of likely N-dealkylation sites (tertiary alicyclic amines) is 1. The molecular weight excluding hydrogens is 324 g/mol. The van der Waals surface area contributed by atoms with E-state index in [9.17, 15) is 0 Å². The number of rotatable bonds is 5. The summed E-state index contributed by atoms with van der Waals surface area (Å²) < 4.78 is 6.32. The van der Waals surface area contributed by atoms with E-state index in [-0.39, 0.29) is 6.10 Å². The molecule has 1 saturated heterocycles. The molecule has 3 aromatic heterocycles. The molecule has 0 saturated carbocycles. The minimum Gasteiger partial charge on any atom is -0.488 e. The number of nitrogens with zero attached hydrogens (tertiary/aromatic N) is 4. The molecule has 0 aromatic carbocycles. The van der Waals surface area contributed by atoms with Crippen LogP contribution in [0.3, 0.4) is 0 Å². The molecule has 0 atom stereocenters. The molecule has 132 valence electrons. The maximum absolute atomic E-state index is 6.32. The molecule has 5 heteroatoms. The van der Waals surface area contributed by atoms with Gasteiger partial charge in [-0.1, -0.05) is 6.07 Å². The normalized spacial score (nSPS) is 15.7. The van der Waals surface area contributed by atoms with Crippen molar-refractivity contribution in [2.24, 2.45) is 0 Å². The third-order valence-corrected chi connectivity index (χ3v) is 4.68. The lowest BCUT2D eigenvalue weighted by molar-refractivity contribution is 0.0969. The summed E-state index contributed by atoms with van der Waals surface area (Å²) in [5, 5.41) is 0. The average molecular weight is 346 g/mol. The number of pyridine rings is 3. The molecular formula is C21H22N4O. The average Bonchev–Trinajstić information content (AvgIpc) is 2.71. The van der Waals surface area contributed by atoms with Gasteiger partial charge in [0.2, 0.25) is 0 Å². The Bertz CT molecular complexity index is 818. The zero-order valence-corrected chi connectivity index (χ0v) is 14.7. The number of aromatic nitrogens is 3. The highest BCUT2D eigenvalue weighted by atomic mass is 16.5. The number of hydrogen-bond acceptors (Lipinski definition) is 5. The lowest BCUT2D eigenvalue weighted by atomic mass is 10.1. The molecule has 1 aliphatic heterocycles. The molecule has 0 aliphatic carbocycles. The zero-order valence-electron chi connectivity index (χ0n) is 14.7. The highest BCUT2D eigenvalue weighted by Crippen LogP contribution is 2.29. The van der Waals surface area contributed by atoms with Gasteiger partial charge >= 0.3 is 0 Å². The molecule has 0 N–H and O–H groups in total. The topological polar surface area (TPSA) is 51.1 Å². The van der Waals surface area contributed by atoms with Crippen molar-refractivity contribution in [3.05, 3.63) is 72.9 Å². The van der Waals surface area contributed by atoms with Gasteiger partial charge in [-0.3, -0.25) is 19.9 Å². The third kappa shape index (κ3) is 4.06. The summed E-state index contributed by atoms with van der Waals surface area (Å²) in [6.07, 6.45) is 11.4. The van der Waals surface area contributed by atoms with E-state index in [0.29, 0.717) is 0 Å². The molecule has 26 heavy (non-hydrogen) atoms. The standard InChI is InChI=1S/C21H22N4O/c1-3-17(15-23-9-1)16-25-13-7-19(8-14-25)26-20-4-2-10-24-21(20)18-5-11-22-12-6-18/h1-6,9-12,15,19H,7-8,13-14,16H2. The van der Waals surface area contributed by atoms with Crippen LogP contribution < -0.4 is 4.74 Å². The molecule has 1 aliphatic rings. The van der Waals surface area contributed by atoms with E-state index in [2.05, 4.69) is 25.9 Å². The Morgan fingerprint density at radius 2 is 1.73 bits per heavy atom. The Morgan fingerprint density at radius 1 is 0.923 bits per heavy atom. The van der Waals surface area contributed by atoms with Gasteiger partial charge in [0.25, 0.3) is 0 Å². The maximum atomic E-state index is 6.32. The number of hydrogen-bond donors (Lipinski definition) is 0. The molecule has 0 bridgehead atoms. The van der Waals surface area contributed by atoms with Crippen LogP contribution in [0.5, 0.6) is 5.75 Å². The summed E-state index contributed by atoms with van der Waals surface area (Å²) in [6, 6.07) is 12.0. The highest BCUT2D eigenvalue weighted by molar-refractivity contribution is 5.65. The molecule has 5 nitrogen and oxygen atoms in total. The summed E-state index contributed by atoms with van der Waals surface area (Å²) in [7, 11) is 0. The molecule has 1 fully saturated rings. The molecule has 0 spiro atoms. The van der Waals surface area contributed by atoms with Gasteiger partial charge in [-0.15, -0.1) is 0 Å². The van der Waals surface area contributed by atoms with Crippen molar-refractivity contribution in [3.63, 3.8) is 0 Å². The van der Waals surface area contributed by atoms with Crippen LogP contribution in [0.2, 0.25) is 0 Å². The second-order valence-electron chi connectivity index (χ2n) is 6.54. The number of piperidine rings is 1. The maximum Gasteiger partial charge on any atom is 0.145 e. The van der Waals surface area contributed by atoms with Crippen molar-refractivity contribution < 1.29 is 4.74 Å². The fourth-order valence-electron chi connectivity index (χ4n) is 3.33. The first-order valence-electron chi connectivity index (χ1n) is 9.02. The quantitative estimate of drug-likeness (QED) is 0.707. The van der Waals surface area contributed by atoms with Crippen LogP contribution in [0.4, 0.5) is 0 Å². The van der Waals surface area contributed by atoms with Gasteiger partial charge in [0.1, 0.15) is 17.5 Å². The molecule has 0 amide bonds. The lowest BCUT2D eigenvalue weighted by Gasteiger charge is -2.32. The second-order valence-corrected chi connectivity index (χ2v) is 6.54. The van der Waals surface area contributed by atoms with Crippen LogP contribution in [0, 0.1) is 0 Å². The predicted octanol–water partition coefficient (Wildman–Crippen LogP) is 3.58. The van der Waals surface area contributed by atoms with Gasteiger partial charge < -0.3 is 4.74 Å². The fourth-order valence-corrected chi connectivity index (χ4v) is 3.33. The van der Waals surface area contributed by atoms with Crippen molar-refractivity contribution in [1.29, 1.82) is 0 Å². The summed E-state index contributed by atoms with van der Waals surface area (Å²) in [4.78, 5) is 15.3. The fraction of sp³-hybridized carbons (Fsp3) is 0.286. The van der Waals surface area contributed by atoms with Crippen molar-refractivity contribution in [1.82, 2.24) is 19.9 Å². The first-order valence-corrected chi connectivity index (χ1v) is 9.02. The Balaban J connectivity index is 1.38. The summed E-state index contributed by atoms with van der Waals surface area (Å²) in [5.74, 6) is 0.851. The Hall–Kier alpha value is -2.79. The van der Waals surface area contributed by atoms with E-state index in [0.717, 1.165) is 49.5 Å². The summed E-state index contributed by atoms with van der Waals surface area (Å²) >= 11 is 0. The van der Waals surface area contributed by atoms with Crippen molar-refractivity contribution in [2.45, 2.75) is 25.5 Å². The summed E-state index contributed by atoms with van der Waals surface area (Å²) in [6.45, 7) is 3.02. The Morgan fingerprint density at radius 3 is 2.50 bits per heavy atom. The first kappa shape index (κ1) is 16.7. The van der Waals surface area contributed by atoms with E-state index in [1.807, 2.05) is 42.7 Å². The smallest absolute Gasteiger partial charge is 0.145 e. The van der Waals surface area contributed by atoms with Gasteiger partial charge in [0.15, 0.2) is 0 Å². The minimum atomic E-state index is 0.227. The van der Waals surface area contributed by atoms with Crippen LogP contribution in [-0.2, 0) is 6.54 Å². The molecule has 4 rings (SSSR count). The van der Waals surface area contributed by atoms with Crippen LogP contribution in [-0.4, -0.2) is 39.0 Å². The van der Waals surface area contributed by atoms with Crippen LogP contribution in [0.15, 0.2) is 67.4 Å². The van der Waals surface area contributed by atoms with Gasteiger partial charge in [-0.2, -0.15) is 0 Å². The molecule has 4 heterocycles. The number of ether oxygens (including phenoxy) is 1. The van der Waals surface area contributed by atoms with Crippen molar-refractivity contribution in [2.75, 3.05) is 13.1 Å². The third-order valence-electron chi connectivity index (χ3n) is 4.68. The van der Waals surface area contributed by atoms with E-state index >= 15 is 0 Å². The Labute approximate surface area is 153 Å². The predicted molar refractivity (Wildman–Crippen MR) is 101 cm³/mol. The second kappa shape index (κ2) is 8.06. The van der Waals surface area contributed by atoms with Gasteiger partial charge in [-0.05, 0) is 48.7 Å². The highest BCUT2D eigenvalue weighted by Gasteiger charge is 2.22. The van der Waals surface area contributed by atoms with E-state index in [1.165, 1.54) is 5.56 Å². The first-order chi connectivity index (χ1) is 12.9.